The number of benzene rings is 1. The Balaban J connectivity index is 2.39. The first-order chi connectivity index (χ1) is 9.13. The van der Waals surface area contributed by atoms with Crippen LogP contribution in [0.2, 0.25) is 0 Å². The van der Waals surface area contributed by atoms with Gasteiger partial charge >= 0.3 is 0 Å². The molecule has 0 radical (unpaired) electrons. The largest absolute Gasteiger partial charge is 0.492 e. The van der Waals surface area contributed by atoms with Crippen molar-refractivity contribution in [1.82, 2.24) is 10.6 Å². The van der Waals surface area contributed by atoms with Gasteiger partial charge < -0.3 is 10.1 Å². The highest BCUT2D eigenvalue weighted by atomic mass is 16.5. The van der Waals surface area contributed by atoms with Crippen LogP contribution in [0.1, 0.15) is 30.6 Å². The Bertz CT molecular complexity index is 415. The van der Waals surface area contributed by atoms with Crippen LogP contribution in [0.3, 0.4) is 0 Å². The van der Waals surface area contributed by atoms with E-state index in [4.69, 9.17) is 4.74 Å². The summed E-state index contributed by atoms with van der Waals surface area (Å²) in [4.78, 5) is 22.3. The second-order valence-corrected chi connectivity index (χ2v) is 4.13. The van der Waals surface area contributed by atoms with Crippen LogP contribution in [-0.4, -0.2) is 31.5 Å². The normalized spacial score (nSPS) is 10.0. The van der Waals surface area contributed by atoms with E-state index in [1.807, 2.05) is 0 Å². The summed E-state index contributed by atoms with van der Waals surface area (Å²) in [5.41, 5.74) is 0.437. The van der Waals surface area contributed by atoms with E-state index in [0.29, 0.717) is 17.9 Å². The number of rotatable bonds is 7. The van der Waals surface area contributed by atoms with Gasteiger partial charge in [-0.05, 0) is 37.2 Å². The second-order valence-electron chi connectivity index (χ2n) is 4.13. The molecule has 0 heterocycles. The first kappa shape index (κ1) is 15.2. The van der Waals surface area contributed by atoms with Gasteiger partial charge in [-0.2, -0.15) is 0 Å². The maximum atomic E-state index is 11.5. The molecule has 0 saturated heterocycles. The summed E-state index contributed by atoms with van der Waals surface area (Å²) >= 11 is 0. The van der Waals surface area contributed by atoms with Gasteiger partial charge in [0.05, 0.1) is 0 Å². The summed E-state index contributed by atoms with van der Waals surface area (Å²) in [6, 6.07) is 6.70. The molecular weight excluding hydrogens is 244 g/mol. The quantitative estimate of drug-likeness (QED) is 0.729. The summed E-state index contributed by atoms with van der Waals surface area (Å²) in [7, 11) is 0. The van der Waals surface area contributed by atoms with Crippen molar-refractivity contribution in [3.63, 3.8) is 0 Å². The number of ether oxygens (including phenoxy) is 1. The van der Waals surface area contributed by atoms with Crippen LogP contribution >= 0.6 is 0 Å². The van der Waals surface area contributed by atoms with E-state index in [1.54, 1.807) is 24.3 Å². The molecule has 5 heteroatoms. The third kappa shape index (κ3) is 6.01. The van der Waals surface area contributed by atoms with Gasteiger partial charge in [0.15, 0.2) is 0 Å². The van der Waals surface area contributed by atoms with Crippen LogP contribution < -0.4 is 15.4 Å². The monoisotopic (exact) mass is 264 g/mol. The average molecular weight is 264 g/mol. The van der Waals surface area contributed by atoms with Crippen molar-refractivity contribution in [2.24, 2.45) is 0 Å². The van der Waals surface area contributed by atoms with Gasteiger partial charge in [-0.25, -0.2) is 0 Å². The SMILES string of the molecule is CCCNCCOc1ccc(C(=O)NC(C)=O)cc1. The van der Waals surface area contributed by atoms with Crippen LogP contribution in [0.5, 0.6) is 5.75 Å². The lowest BCUT2D eigenvalue weighted by Gasteiger charge is -2.07. The molecule has 0 atom stereocenters. The molecule has 0 aliphatic carbocycles. The predicted molar refractivity (Wildman–Crippen MR) is 73.2 cm³/mol. The Morgan fingerprint density at radius 1 is 1.16 bits per heavy atom. The fraction of sp³-hybridized carbons (Fsp3) is 0.429. The number of nitrogens with one attached hydrogen (secondary N) is 2. The summed E-state index contributed by atoms with van der Waals surface area (Å²) in [6.07, 6.45) is 1.10. The maximum Gasteiger partial charge on any atom is 0.257 e. The molecule has 19 heavy (non-hydrogen) atoms. The Morgan fingerprint density at radius 2 is 1.84 bits per heavy atom. The smallest absolute Gasteiger partial charge is 0.257 e. The summed E-state index contributed by atoms with van der Waals surface area (Å²) in [5, 5.41) is 5.45. The van der Waals surface area contributed by atoms with Crippen molar-refractivity contribution >= 4 is 11.8 Å². The molecule has 104 valence electrons. The van der Waals surface area contributed by atoms with E-state index >= 15 is 0 Å². The number of carbonyl (C=O) groups excluding carboxylic acids is 2. The third-order valence-electron chi connectivity index (χ3n) is 2.38. The van der Waals surface area contributed by atoms with Crippen molar-refractivity contribution in [1.29, 1.82) is 0 Å². The van der Waals surface area contributed by atoms with Crippen molar-refractivity contribution in [2.45, 2.75) is 20.3 Å². The highest BCUT2D eigenvalue weighted by Gasteiger charge is 2.06. The van der Waals surface area contributed by atoms with Crippen LogP contribution in [0.25, 0.3) is 0 Å². The molecular formula is C14H20N2O3. The molecule has 0 fully saturated rings. The van der Waals surface area contributed by atoms with Crippen molar-refractivity contribution in [3.8, 4) is 5.75 Å². The molecule has 0 unspecified atom stereocenters. The molecule has 0 aromatic heterocycles. The summed E-state index contributed by atoms with van der Waals surface area (Å²) in [5.74, 6) is -0.0614. The van der Waals surface area contributed by atoms with Gasteiger partial charge in [0.25, 0.3) is 5.91 Å². The zero-order chi connectivity index (χ0) is 14.1. The topological polar surface area (TPSA) is 67.4 Å². The lowest BCUT2D eigenvalue weighted by Crippen LogP contribution is -2.27. The molecule has 0 aliphatic rings. The van der Waals surface area contributed by atoms with Crippen LogP contribution in [0.15, 0.2) is 24.3 Å². The van der Waals surface area contributed by atoms with Crippen LogP contribution in [0, 0.1) is 0 Å². The van der Waals surface area contributed by atoms with Gasteiger partial charge in [-0.3, -0.25) is 14.9 Å². The van der Waals surface area contributed by atoms with E-state index in [0.717, 1.165) is 19.5 Å². The van der Waals surface area contributed by atoms with Crippen LogP contribution in [0.4, 0.5) is 0 Å². The number of hydrogen-bond acceptors (Lipinski definition) is 4. The lowest BCUT2D eigenvalue weighted by atomic mass is 10.2. The number of imide groups is 1. The van der Waals surface area contributed by atoms with Crippen molar-refractivity contribution in [2.75, 3.05) is 19.7 Å². The summed E-state index contributed by atoms with van der Waals surface area (Å²) in [6.45, 7) is 5.77. The molecule has 0 spiro atoms. The van der Waals surface area contributed by atoms with E-state index in [2.05, 4.69) is 17.6 Å². The van der Waals surface area contributed by atoms with Gasteiger partial charge in [-0.1, -0.05) is 6.92 Å². The van der Waals surface area contributed by atoms with Crippen LogP contribution in [-0.2, 0) is 4.79 Å². The van der Waals surface area contributed by atoms with E-state index in [9.17, 15) is 9.59 Å². The second kappa shape index (κ2) is 8.26. The molecule has 0 saturated carbocycles. The number of hydrogen-bond donors (Lipinski definition) is 2. The predicted octanol–water partition coefficient (Wildman–Crippen LogP) is 1.34. The van der Waals surface area contributed by atoms with Gasteiger partial charge in [-0.15, -0.1) is 0 Å². The standard InChI is InChI=1S/C14H20N2O3/c1-3-8-15-9-10-19-13-6-4-12(5-7-13)14(18)16-11(2)17/h4-7,15H,3,8-10H2,1-2H3,(H,16,17,18). The third-order valence-corrected chi connectivity index (χ3v) is 2.38. The first-order valence-corrected chi connectivity index (χ1v) is 6.39. The number of amides is 2. The number of carbonyl (C=O) groups is 2. The molecule has 1 aromatic carbocycles. The van der Waals surface area contributed by atoms with Gasteiger partial charge in [0.2, 0.25) is 5.91 Å². The lowest BCUT2D eigenvalue weighted by molar-refractivity contribution is -0.118. The highest BCUT2D eigenvalue weighted by molar-refractivity contribution is 6.04. The molecule has 5 nitrogen and oxygen atoms in total. The minimum atomic E-state index is -0.399. The van der Waals surface area contributed by atoms with E-state index < -0.39 is 5.91 Å². The van der Waals surface area contributed by atoms with Crippen molar-refractivity contribution < 1.29 is 14.3 Å². The Labute approximate surface area is 113 Å². The summed E-state index contributed by atoms with van der Waals surface area (Å²) < 4.78 is 5.51. The highest BCUT2D eigenvalue weighted by Crippen LogP contribution is 2.11. The molecule has 2 amide bonds. The fourth-order valence-electron chi connectivity index (χ4n) is 1.48. The van der Waals surface area contributed by atoms with E-state index in [1.165, 1.54) is 6.92 Å². The Hall–Kier alpha value is -1.88. The molecule has 2 N–H and O–H groups in total. The van der Waals surface area contributed by atoms with Crippen molar-refractivity contribution in [3.05, 3.63) is 29.8 Å². The molecule has 0 aliphatic heterocycles. The zero-order valence-electron chi connectivity index (χ0n) is 11.4. The molecule has 1 aromatic rings. The maximum absolute atomic E-state index is 11.5. The minimum Gasteiger partial charge on any atom is -0.492 e. The molecule has 0 bridgehead atoms. The average Bonchev–Trinajstić information content (AvgIpc) is 2.38. The fourth-order valence-corrected chi connectivity index (χ4v) is 1.48. The zero-order valence-corrected chi connectivity index (χ0v) is 11.4. The molecule has 1 rings (SSSR count). The first-order valence-electron chi connectivity index (χ1n) is 6.39. The van der Waals surface area contributed by atoms with E-state index in [-0.39, 0.29) is 5.91 Å². The minimum absolute atomic E-state index is 0.368. The van der Waals surface area contributed by atoms with Gasteiger partial charge in [0.1, 0.15) is 12.4 Å². The Kier molecular flexibility index (Phi) is 6.60. The van der Waals surface area contributed by atoms with Gasteiger partial charge in [0, 0.05) is 19.0 Å². The Morgan fingerprint density at radius 3 is 2.42 bits per heavy atom.